The summed E-state index contributed by atoms with van der Waals surface area (Å²) in [6.45, 7) is 8.70. The van der Waals surface area contributed by atoms with Gasteiger partial charge in [0.25, 0.3) is 0 Å². The van der Waals surface area contributed by atoms with Crippen LogP contribution in [0.4, 0.5) is 0 Å². The average Bonchev–Trinajstić information content (AvgIpc) is 3.03. The van der Waals surface area contributed by atoms with E-state index in [-0.39, 0.29) is 11.3 Å². The molecule has 2 heterocycles. The molecule has 1 aromatic rings. The zero-order valence-corrected chi connectivity index (χ0v) is 13.2. The zero-order chi connectivity index (χ0) is 15.3. The predicted molar refractivity (Wildman–Crippen MR) is 82.6 cm³/mol. The monoisotopic (exact) mass is 293 g/mol. The molecule has 0 bridgehead atoms. The van der Waals surface area contributed by atoms with E-state index >= 15 is 0 Å². The quantitative estimate of drug-likeness (QED) is 0.867. The van der Waals surface area contributed by atoms with E-state index in [1.165, 1.54) is 0 Å². The van der Waals surface area contributed by atoms with Crippen LogP contribution in [0.25, 0.3) is 0 Å². The first-order valence-corrected chi connectivity index (χ1v) is 7.89. The van der Waals surface area contributed by atoms with Crippen LogP contribution >= 0.6 is 0 Å². The van der Waals surface area contributed by atoms with E-state index in [0.29, 0.717) is 6.54 Å². The van der Waals surface area contributed by atoms with Gasteiger partial charge in [-0.25, -0.2) is 0 Å². The van der Waals surface area contributed by atoms with Crippen LogP contribution in [-0.4, -0.2) is 48.4 Å². The van der Waals surface area contributed by atoms with Gasteiger partial charge in [-0.3, -0.25) is 9.69 Å². The molecule has 1 amide bonds. The van der Waals surface area contributed by atoms with Gasteiger partial charge in [0.05, 0.1) is 18.2 Å². The third-order valence-corrected chi connectivity index (χ3v) is 4.82. The van der Waals surface area contributed by atoms with Crippen LogP contribution in [0, 0.1) is 5.41 Å². The van der Waals surface area contributed by atoms with Gasteiger partial charge < -0.3 is 15.1 Å². The molecule has 0 unspecified atom stereocenters. The molecule has 1 aliphatic heterocycles. The summed E-state index contributed by atoms with van der Waals surface area (Å²) >= 11 is 0. The predicted octanol–water partition coefficient (Wildman–Crippen LogP) is 1.69. The number of nitrogens with zero attached hydrogens (tertiary/aromatic N) is 2. The summed E-state index contributed by atoms with van der Waals surface area (Å²) in [7, 11) is 0. The third kappa shape index (κ3) is 3.47. The summed E-state index contributed by atoms with van der Waals surface area (Å²) in [4.78, 5) is 17.1. The molecular weight excluding hydrogens is 266 g/mol. The van der Waals surface area contributed by atoms with Gasteiger partial charge in [0.15, 0.2) is 0 Å². The number of carbonyl (C=O) groups excluding carboxylic acids is 1. The van der Waals surface area contributed by atoms with Crippen LogP contribution in [0.5, 0.6) is 0 Å². The lowest BCUT2D eigenvalue weighted by atomic mass is 9.81. The van der Waals surface area contributed by atoms with Gasteiger partial charge >= 0.3 is 0 Å². The van der Waals surface area contributed by atoms with E-state index in [1.807, 2.05) is 17.0 Å². The Kier molecular flexibility index (Phi) is 5.42. The highest BCUT2D eigenvalue weighted by Gasteiger charge is 2.37. The molecule has 1 saturated heterocycles. The molecule has 5 heteroatoms. The molecule has 0 atom stereocenters. The van der Waals surface area contributed by atoms with Crippen LogP contribution in [0.2, 0.25) is 0 Å². The average molecular weight is 293 g/mol. The van der Waals surface area contributed by atoms with Crippen molar-refractivity contribution in [1.29, 1.82) is 0 Å². The van der Waals surface area contributed by atoms with Crippen molar-refractivity contribution in [2.75, 3.05) is 32.7 Å². The lowest BCUT2D eigenvalue weighted by Crippen LogP contribution is -2.54. The van der Waals surface area contributed by atoms with Crippen LogP contribution < -0.4 is 5.73 Å². The van der Waals surface area contributed by atoms with Gasteiger partial charge in [-0.2, -0.15) is 0 Å². The number of rotatable bonds is 6. The van der Waals surface area contributed by atoms with Crippen molar-refractivity contribution in [3.05, 3.63) is 24.2 Å². The number of hydrogen-bond acceptors (Lipinski definition) is 4. The van der Waals surface area contributed by atoms with Gasteiger partial charge in [0.2, 0.25) is 5.91 Å². The summed E-state index contributed by atoms with van der Waals surface area (Å²) in [6.07, 6.45) is 3.32. The van der Waals surface area contributed by atoms with E-state index in [4.69, 9.17) is 10.2 Å². The van der Waals surface area contributed by atoms with Crippen molar-refractivity contribution in [2.24, 2.45) is 11.1 Å². The first-order chi connectivity index (χ1) is 10.1. The Morgan fingerprint density at radius 3 is 2.43 bits per heavy atom. The second-order valence-corrected chi connectivity index (χ2v) is 5.84. The zero-order valence-electron chi connectivity index (χ0n) is 13.2. The van der Waals surface area contributed by atoms with Crippen molar-refractivity contribution >= 4 is 5.91 Å². The molecular formula is C16H27N3O2. The Labute approximate surface area is 127 Å². The van der Waals surface area contributed by atoms with Crippen LogP contribution in [-0.2, 0) is 11.3 Å². The van der Waals surface area contributed by atoms with Crippen LogP contribution in [0.15, 0.2) is 22.8 Å². The minimum Gasteiger partial charge on any atom is -0.468 e. The van der Waals surface area contributed by atoms with Gasteiger partial charge in [-0.1, -0.05) is 13.8 Å². The van der Waals surface area contributed by atoms with Crippen molar-refractivity contribution in [1.82, 2.24) is 9.80 Å². The highest BCUT2D eigenvalue weighted by molar-refractivity contribution is 5.83. The van der Waals surface area contributed by atoms with E-state index in [9.17, 15) is 4.79 Å². The molecule has 0 aliphatic carbocycles. The minimum atomic E-state index is -0.372. The standard InChI is InChI=1S/C16H27N3O2/c1-3-16(4-2,13-17)15(20)19-9-7-18(8-10-19)12-14-6-5-11-21-14/h5-6,11H,3-4,7-10,12-13,17H2,1-2H3. The minimum absolute atomic E-state index is 0.229. The van der Waals surface area contributed by atoms with Gasteiger partial charge in [0.1, 0.15) is 5.76 Å². The molecule has 2 rings (SSSR count). The van der Waals surface area contributed by atoms with Crippen molar-refractivity contribution in [2.45, 2.75) is 33.2 Å². The number of hydrogen-bond donors (Lipinski definition) is 1. The molecule has 1 fully saturated rings. The third-order valence-electron chi connectivity index (χ3n) is 4.82. The summed E-state index contributed by atoms with van der Waals surface area (Å²) in [5, 5.41) is 0. The SMILES string of the molecule is CCC(CC)(CN)C(=O)N1CCN(Cc2ccco2)CC1. The molecule has 118 valence electrons. The van der Waals surface area contributed by atoms with E-state index in [0.717, 1.165) is 51.3 Å². The summed E-state index contributed by atoms with van der Waals surface area (Å²) in [5.74, 6) is 1.21. The topological polar surface area (TPSA) is 62.7 Å². The molecule has 0 aromatic carbocycles. The summed E-state index contributed by atoms with van der Waals surface area (Å²) < 4.78 is 5.38. The number of nitrogens with two attached hydrogens (primary N) is 1. The lowest BCUT2D eigenvalue weighted by Gasteiger charge is -2.40. The first-order valence-electron chi connectivity index (χ1n) is 7.89. The number of furan rings is 1. The molecule has 2 N–H and O–H groups in total. The van der Waals surface area contributed by atoms with E-state index < -0.39 is 0 Å². The maximum absolute atomic E-state index is 12.7. The van der Waals surface area contributed by atoms with Crippen LogP contribution in [0.3, 0.4) is 0 Å². The molecule has 0 spiro atoms. The molecule has 1 aliphatic rings. The fourth-order valence-corrected chi connectivity index (χ4v) is 3.00. The van der Waals surface area contributed by atoms with Crippen molar-refractivity contribution < 1.29 is 9.21 Å². The molecule has 21 heavy (non-hydrogen) atoms. The maximum atomic E-state index is 12.7. The van der Waals surface area contributed by atoms with E-state index in [1.54, 1.807) is 6.26 Å². The summed E-state index contributed by atoms with van der Waals surface area (Å²) in [6, 6.07) is 3.90. The highest BCUT2D eigenvalue weighted by atomic mass is 16.3. The molecule has 1 aromatic heterocycles. The van der Waals surface area contributed by atoms with E-state index in [2.05, 4.69) is 18.7 Å². The molecule has 0 radical (unpaired) electrons. The van der Waals surface area contributed by atoms with Crippen molar-refractivity contribution in [3.8, 4) is 0 Å². The number of amides is 1. The van der Waals surface area contributed by atoms with Crippen molar-refractivity contribution in [3.63, 3.8) is 0 Å². The Hall–Kier alpha value is -1.33. The Morgan fingerprint density at radius 1 is 1.29 bits per heavy atom. The summed E-state index contributed by atoms with van der Waals surface area (Å²) in [5.41, 5.74) is 5.51. The highest BCUT2D eigenvalue weighted by Crippen LogP contribution is 2.28. The Balaban J connectivity index is 1.89. The largest absolute Gasteiger partial charge is 0.468 e. The van der Waals surface area contributed by atoms with Gasteiger partial charge in [0, 0.05) is 32.7 Å². The Bertz CT molecular complexity index is 424. The number of carbonyl (C=O) groups is 1. The normalized spacial score (nSPS) is 17.2. The van der Waals surface area contributed by atoms with Crippen LogP contribution in [0.1, 0.15) is 32.4 Å². The second-order valence-electron chi connectivity index (χ2n) is 5.84. The molecule has 5 nitrogen and oxygen atoms in total. The fourth-order valence-electron chi connectivity index (χ4n) is 3.00. The fraction of sp³-hybridized carbons (Fsp3) is 0.688. The Morgan fingerprint density at radius 2 is 1.95 bits per heavy atom. The molecule has 0 saturated carbocycles. The first kappa shape index (κ1) is 16.0. The lowest BCUT2D eigenvalue weighted by molar-refractivity contribution is -0.144. The number of piperazine rings is 1. The maximum Gasteiger partial charge on any atom is 0.230 e. The van der Waals surface area contributed by atoms with Gasteiger partial charge in [-0.05, 0) is 25.0 Å². The second kappa shape index (κ2) is 7.09. The van der Waals surface area contributed by atoms with Gasteiger partial charge in [-0.15, -0.1) is 0 Å². The smallest absolute Gasteiger partial charge is 0.230 e.